The number of carboxylic acids is 1. The van der Waals surface area contributed by atoms with Crippen molar-refractivity contribution in [2.75, 3.05) is 5.32 Å². The van der Waals surface area contributed by atoms with Crippen LogP contribution in [0.15, 0.2) is 34.9 Å². The van der Waals surface area contributed by atoms with Crippen molar-refractivity contribution in [3.05, 3.63) is 53.0 Å². The Bertz CT molecular complexity index is 685. The second-order valence-corrected chi connectivity index (χ2v) is 5.15. The molecule has 2 rings (SSSR count). The van der Waals surface area contributed by atoms with Gasteiger partial charge in [-0.05, 0) is 24.0 Å². The van der Waals surface area contributed by atoms with Gasteiger partial charge in [-0.25, -0.2) is 4.79 Å². The number of nitrogens with one attached hydrogen (secondary N) is 1. The molecule has 1 aromatic carbocycles. The number of carboxylic acid groups (broad SMARTS) is 1. The lowest BCUT2D eigenvalue weighted by atomic mass is 9.98. The van der Waals surface area contributed by atoms with Crippen molar-refractivity contribution in [2.24, 2.45) is 0 Å². The Morgan fingerprint density at radius 1 is 1.29 bits per heavy atom. The van der Waals surface area contributed by atoms with Gasteiger partial charge < -0.3 is 14.8 Å². The van der Waals surface area contributed by atoms with E-state index in [0.717, 1.165) is 23.1 Å². The zero-order valence-corrected chi connectivity index (χ0v) is 12.1. The molecule has 0 saturated carbocycles. The van der Waals surface area contributed by atoms with Gasteiger partial charge in [-0.15, -0.1) is 0 Å². The number of anilines is 1. The molecule has 0 bridgehead atoms. The van der Waals surface area contributed by atoms with Crippen molar-refractivity contribution < 1.29 is 19.1 Å². The smallest absolute Gasteiger partial charge is 0.338 e. The van der Waals surface area contributed by atoms with Crippen molar-refractivity contribution in [3.63, 3.8) is 0 Å². The topological polar surface area (TPSA) is 79.5 Å². The van der Waals surface area contributed by atoms with E-state index in [0.29, 0.717) is 0 Å². The third-order valence-electron chi connectivity index (χ3n) is 3.24. The van der Waals surface area contributed by atoms with Gasteiger partial charge >= 0.3 is 5.97 Å². The molecule has 5 nitrogen and oxygen atoms in total. The first-order valence-electron chi connectivity index (χ1n) is 6.63. The third-order valence-corrected chi connectivity index (χ3v) is 3.24. The first-order chi connectivity index (χ1) is 9.90. The summed E-state index contributed by atoms with van der Waals surface area (Å²) in [6.07, 6.45) is 1.05. The lowest BCUT2D eigenvalue weighted by molar-refractivity contribution is 0.0696. The number of carbonyl (C=O) groups is 2. The monoisotopic (exact) mass is 287 g/mol. The second kappa shape index (κ2) is 5.83. The molecular formula is C16H17NO4. The highest BCUT2D eigenvalue weighted by Crippen LogP contribution is 2.28. The Hall–Kier alpha value is -2.56. The molecule has 0 radical (unpaired) electrons. The molecule has 110 valence electrons. The second-order valence-electron chi connectivity index (χ2n) is 5.15. The number of para-hydroxylation sites is 1. The average molecular weight is 287 g/mol. The molecule has 5 heteroatoms. The van der Waals surface area contributed by atoms with Crippen LogP contribution >= 0.6 is 0 Å². The maximum atomic E-state index is 12.2. The Labute approximate surface area is 122 Å². The van der Waals surface area contributed by atoms with E-state index in [4.69, 9.17) is 9.52 Å². The van der Waals surface area contributed by atoms with E-state index in [1.54, 1.807) is 0 Å². The minimum atomic E-state index is -1.13. The normalized spacial score (nSPS) is 10.7. The zero-order valence-electron chi connectivity index (χ0n) is 12.1. The fourth-order valence-corrected chi connectivity index (χ4v) is 2.08. The Morgan fingerprint density at radius 2 is 2.00 bits per heavy atom. The molecule has 2 N–H and O–H groups in total. The van der Waals surface area contributed by atoms with Crippen molar-refractivity contribution in [1.29, 1.82) is 0 Å². The molecular weight excluding hydrogens is 270 g/mol. The van der Waals surface area contributed by atoms with Crippen LogP contribution in [0.1, 0.15) is 51.8 Å². The Balaban J connectivity index is 2.29. The number of aromatic carboxylic acids is 1. The summed E-state index contributed by atoms with van der Waals surface area (Å²) in [4.78, 5) is 23.0. The zero-order chi connectivity index (χ0) is 15.6. The van der Waals surface area contributed by atoms with Crippen LogP contribution in [0.2, 0.25) is 0 Å². The molecule has 2 aromatic rings. The van der Waals surface area contributed by atoms with Gasteiger partial charge in [-0.1, -0.05) is 32.0 Å². The summed E-state index contributed by atoms with van der Waals surface area (Å²) in [5.74, 6) is -1.35. The van der Waals surface area contributed by atoms with Crippen LogP contribution < -0.4 is 5.32 Å². The van der Waals surface area contributed by atoms with E-state index < -0.39 is 11.9 Å². The van der Waals surface area contributed by atoms with Gasteiger partial charge in [-0.2, -0.15) is 0 Å². The molecule has 0 saturated heterocycles. The summed E-state index contributed by atoms with van der Waals surface area (Å²) in [6.45, 7) is 5.99. The van der Waals surface area contributed by atoms with Crippen molar-refractivity contribution in [3.8, 4) is 0 Å². The van der Waals surface area contributed by atoms with E-state index >= 15 is 0 Å². The fraction of sp³-hybridized carbons (Fsp3) is 0.250. The molecule has 0 fully saturated rings. The lowest BCUT2D eigenvalue weighted by Gasteiger charge is -2.15. The molecule has 1 aromatic heterocycles. The van der Waals surface area contributed by atoms with E-state index in [1.165, 1.54) is 6.07 Å². The number of aryl methyl sites for hydroxylation is 1. The van der Waals surface area contributed by atoms with E-state index in [-0.39, 0.29) is 17.2 Å². The molecule has 0 unspecified atom stereocenters. The van der Waals surface area contributed by atoms with E-state index in [1.807, 2.05) is 39.0 Å². The first-order valence-corrected chi connectivity index (χ1v) is 6.63. The van der Waals surface area contributed by atoms with Gasteiger partial charge in [0.15, 0.2) is 5.76 Å². The van der Waals surface area contributed by atoms with E-state index in [9.17, 15) is 9.59 Å². The van der Waals surface area contributed by atoms with E-state index in [2.05, 4.69) is 5.32 Å². The number of amides is 1. The molecule has 1 amide bonds. The minimum Gasteiger partial charge on any atom is -0.478 e. The summed E-state index contributed by atoms with van der Waals surface area (Å²) in [5, 5.41) is 11.6. The van der Waals surface area contributed by atoms with Gasteiger partial charge in [0.25, 0.3) is 5.91 Å². The maximum Gasteiger partial charge on any atom is 0.338 e. The number of furan rings is 1. The molecule has 0 spiro atoms. The highest BCUT2D eigenvalue weighted by Gasteiger charge is 2.17. The number of rotatable bonds is 4. The summed E-state index contributed by atoms with van der Waals surface area (Å²) >= 11 is 0. The van der Waals surface area contributed by atoms with Crippen LogP contribution in [0.3, 0.4) is 0 Å². The molecule has 1 heterocycles. The van der Waals surface area contributed by atoms with Crippen molar-refractivity contribution >= 4 is 17.6 Å². The Morgan fingerprint density at radius 3 is 2.57 bits per heavy atom. The minimum absolute atomic E-state index is 0.0228. The highest BCUT2D eigenvalue weighted by atomic mass is 16.4. The standard InChI is InChI=1S/C16H17NO4/c1-9(2)12-6-4-5-10(3)14(12)17-15(18)13-7-11(8-21-13)16(19)20/h4-9H,1-3H3,(H,17,18)(H,19,20). The van der Waals surface area contributed by atoms with Crippen LogP contribution in [-0.2, 0) is 0 Å². The van der Waals surface area contributed by atoms with Gasteiger partial charge in [0.2, 0.25) is 0 Å². The predicted octanol–water partition coefficient (Wildman–Crippen LogP) is 3.66. The fourth-order valence-electron chi connectivity index (χ4n) is 2.08. The van der Waals surface area contributed by atoms with Gasteiger partial charge in [0.1, 0.15) is 6.26 Å². The summed E-state index contributed by atoms with van der Waals surface area (Å²) in [5.41, 5.74) is 2.66. The van der Waals surface area contributed by atoms with Gasteiger partial charge in [0.05, 0.1) is 5.56 Å². The molecule has 0 aliphatic carbocycles. The predicted molar refractivity (Wildman–Crippen MR) is 78.9 cm³/mol. The highest BCUT2D eigenvalue weighted by molar-refractivity contribution is 6.04. The van der Waals surface area contributed by atoms with Gasteiger partial charge in [0, 0.05) is 11.8 Å². The quantitative estimate of drug-likeness (QED) is 0.899. The first kappa shape index (κ1) is 14.8. The van der Waals surface area contributed by atoms with Crippen molar-refractivity contribution in [1.82, 2.24) is 0 Å². The Kier molecular flexibility index (Phi) is 4.12. The number of hydrogen-bond donors (Lipinski definition) is 2. The SMILES string of the molecule is Cc1cccc(C(C)C)c1NC(=O)c1cc(C(=O)O)co1. The van der Waals surface area contributed by atoms with Crippen LogP contribution in [0.4, 0.5) is 5.69 Å². The summed E-state index contributed by atoms with van der Waals surface area (Å²) in [6, 6.07) is 7.02. The molecule has 21 heavy (non-hydrogen) atoms. The average Bonchev–Trinajstić information content (AvgIpc) is 2.90. The van der Waals surface area contributed by atoms with Crippen LogP contribution in [0, 0.1) is 6.92 Å². The van der Waals surface area contributed by atoms with Crippen molar-refractivity contribution in [2.45, 2.75) is 26.7 Å². The number of benzene rings is 1. The van der Waals surface area contributed by atoms with Crippen LogP contribution in [0.25, 0.3) is 0 Å². The van der Waals surface area contributed by atoms with Crippen LogP contribution in [-0.4, -0.2) is 17.0 Å². The maximum absolute atomic E-state index is 12.2. The summed E-state index contributed by atoms with van der Waals surface area (Å²) < 4.78 is 5.01. The summed E-state index contributed by atoms with van der Waals surface area (Å²) in [7, 11) is 0. The third kappa shape index (κ3) is 3.13. The molecule has 0 aliphatic heterocycles. The molecule has 0 aliphatic rings. The van der Waals surface area contributed by atoms with Gasteiger partial charge in [-0.3, -0.25) is 4.79 Å². The number of carbonyl (C=O) groups excluding carboxylic acids is 1. The van der Waals surface area contributed by atoms with Crippen LogP contribution in [0.5, 0.6) is 0 Å². The number of hydrogen-bond acceptors (Lipinski definition) is 3. The largest absolute Gasteiger partial charge is 0.478 e. The lowest BCUT2D eigenvalue weighted by Crippen LogP contribution is -2.14. The molecule has 0 atom stereocenters.